The van der Waals surface area contributed by atoms with Crippen LogP contribution < -0.4 is 5.32 Å². The zero-order chi connectivity index (χ0) is 10.7. The van der Waals surface area contributed by atoms with E-state index in [1.807, 2.05) is 18.5 Å². The predicted molar refractivity (Wildman–Crippen MR) is 65.2 cm³/mol. The van der Waals surface area contributed by atoms with Crippen molar-refractivity contribution in [1.29, 1.82) is 0 Å². The molecule has 1 aromatic rings. The lowest BCUT2D eigenvalue weighted by atomic mass is 10.2. The second kappa shape index (κ2) is 4.66. The van der Waals surface area contributed by atoms with Gasteiger partial charge in [-0.05, 0) is 31.0 Å². The van der Waals surface area contributed by atoms with Gasteiger partial charge in [0.05, 0.1) is 6.54 Å². The normalized spacial score (nSPS) is 23.1. The molecule has 1 aliphatic heterocycles. The minimum absolute atomic E-state index is 0.545. The molecule has 1 N–H and O–H groups in total. The Bertz CT molecular complexity index is 376. The Morgan fingerprint density at radius 1 is 1.67 bits per heavy atom. The molecule has 0 saturated carbocycles. The molecule has 0 amide bonds. The van der Waals surface area contributed by atoms with Crippen molar-refractivity contribution in [3.8, 4) is 0 Å². The van der Waals surface area contributed by atoms with Crippen LogP contribution in [0.2, 0.25) is 0 Å². The van der Waals surface area contributed by atoms with Crippen molar-refractivity contribution < 1.29 is 0 Å². The van der Waals surface area contributed by atoms with E-state index in [9.17, 15) is 0 Å². The summed E-state index contributed by atoms with van der Waals surface area (Å²) in [6.45, 7) is 4.99. The van der Waals surface area contributed by atoms with Crippen molar-refractivity contribution in [1.82, 2.24) is 10.3 Å². The largest absolute Gasteiger partial charge is 0.362 e. The number of aliphatic imine (C=N–C) groups is 1. The summed E-state index contributed by atoms with van der Waals surface area (Å²) in [5.74, 6) is 1.12. The molecule has 1 aromatic heterocycles. The third-order valence-electron chi connectivity index (χ3n) is 2.38. The van der Waals surface area contributed by atoms with Gasteiger partial charge in [0, 0.05) is 24.2 Å². The maximum atomic E-state index is 4.53. The Balaban J connectivity index is 2.01. The van der Waals surface area contributed by atoms with Gasteiger partial charge in [0.15, 0.2) is 5.17 Å². The number of hydrogen-bond donors (Lipinski definition) is 1. The molecule has 0 aromatic carbocycles. The van der Waals surface area contributed by atoms with Crippen LogP contribution in [0.25, 0.3) is 0 Å². The topological polar surface area (TPSA) is 37.3 Å². The summed E-state index contributed by atoms with van der Waals surface area (Å²) in [4.78, 5) is 8.64. The van der Waals surface area contributed by atoms with Gasteiger partial charge < -0.3 is 5.32 Å². The van der Waals surface area contributed by atoms with Gasteiger partial charge in [-0.3, -0.25) is 9.98 Å². The van der Waals surface area contributed by atoms with Gasteiger partial charge >= 0.3 is 0 Å². The Morgan fingerprint density at radius 3 is 3.20 bits per heavy atom. The molecule has 0 radical (unpaired) electrons. The number of nitrogens with one attached hydrogen (secondary N) is 1. The van der Waals surface area contributed by atoms with Gasteiger partial charge in [0.1, 0.15) is 0 Å². The highest BCUT2D eigenvalue weighted by Gasteiger charge is 2.14. The molecule has 2 heterocycles. The fourth-order valence-electron chi connectivity index (χ4n) is 1.41. The van der Waals surface area contributed by atoms with Crippen LogP contribution in [-0.2, 0) is 6.54 Å². The van der Waals surface area contributed by atoms with E-state index >= 15 is 0 Å². The van der Waals surface area contributed by atoms with E-state index in [2.05, 4.69) is 29.1 Å². The van der Waals surface area contributed by atoms with E-state index in [1.54, 1.807) is 11.8 Å². The van der Waals surface area contributed by atoms with Gasteiger partial charge in [-0.25, -0.2) is 0 Å². The second-order valence-corrected chi connectivity index (χ2v) is 4.79. The maximum Gasteiger partial charge on any atom is 0.157 e. The Morgan fingerprint density at radius 2 is 2.53 bits per heavy atom. The zero-order valence-corrected chi connectivity index (χ0v) is 9.84. The molecule has 1 saturated heterocycles. The van der Waals surface area contributed by atoms with Crippen molar-refractivity contribution in [2.24, 2.45) is 4.99 Å². The van der Waals surface area contributed by atoms with E-state index in [4.69, 9.17) is 0 Å². The molecule has 15 heavy (non-hydrogen) atoms. The molecule has 2 rings (SSSR count). The number of nitrogens with zero attached hydrogens (tertiary/aromatic N) is 2. The number of aromatic nitrogens is 1. The van der Waals surface area contributed by atoms with Crippen molar-refractivity contribution in [2.75, 3.05) is 5.75 Å². The highest BCUT2D eigenvalue weighted by atomic mass is 32.2. The van der Waals surface area contributed by atoms with Crippen molar-refractivity contribution in [3.63, 3.8) is 0 Å². The molecule has 80 valence electrons. The van der Waals surface area contributed by atoms with Crippen LogP contribution in [0.4, 0.5) is 0 Å². The summed E-state index contributed by atoms with van der Waals surface area (Å²) >= 11 is 1.79. The molecule has 1 atom stereocenters. The summed E-state index contributed by atoms with van der Waals surface area (Å²) in [6.07, 6.45) is 3.71. The first kappa shape index (κ1) is 10.5. The molecule has 0 bridgehead atoms. The van der Waals surface area contributed by atoms with Gasteiger partial charge in [-0.2, -0.15) is 0 Å². The summed E-state index contributed by atoms with van der Waals surface area (Å²) in [5, 5.41) is 4.40. The lowest BCUT2D eigenvalue weighted by Gasteiger charge is -2.03. The van der Waals surface area contributed by atoms with Gasteiger partial charge in [0.25, 0.3) is 0 Å². The first-order valence-corrected chi connectivity index (χ1v) is 6.07. The highest BCUT2D eigenvalue weighted by molar-refractivity contribution is 8.14. The molecule has 4 heteroatoms. The van der Waals surface area contributed by atoms with Crippen molar-refractivity contribution in [3.05, 3.63) is 29.6 Å². The lowest BCUT2D eigenvalue weighted by Crippen LogP contribution is -2.23. The van der Waals surface area contributed by atoms with Gasteiger partial charge in [0.2, 0.25) is 0 Å². The highest BCUT2D eigenvalue weighted by Crippen LogP contribution is 2.14. The second-order valence-electron chi connectivity index (χ2n) is 3.78. The Hall–Kier alpha value is -1.03. The standard InChI is InChI=1S/C11H15N3S/c1-8-3-4-12-5-10(8)6-13-11-14-9(2)7-15-11/h3-5,9H,6-7H2,1-2H3,(H,13,14). The third-order valence-corrected chi connectivity index (χ3v) is 3.57. The average molecular weight is 221 g/mol. The fraction of sp³-hybridized carbons (Fsp3) is 0.455. The van der Waals surface area contributed by atoms with E-state index in [-0.39, 0.29) is 0 Å². The number of aryl methyl sites for hydroxylation is 1. The number of hydrogen-bond acceptors (Lipinski definition) is 3. The van der Waals surface area contributed by atoms with Crippen molar-refractivity contribution in [2.45, 2.75) is 26.4 Å². The monoisotopic (exact) mass is 221 g/mol. The molecule has 1 aliphatic rings. The average Bonchev–Trinajstić information content (AvgIpc) is 2.63. The smallest absolute Gasteiger partial charge is 0.157 e. The molecule has 0 aliphatic carbocycles. The summed E-state index contributed by atoms with van der Waals surface area (Å²) < 4.78 is 0. The maximum absolute atomic E-state index is 4.53. The summed E-state index contributed by atoms with van der Waals surface area (Å²) in [7, 11) is 0. The molecule has 3 nitrogen and oxygen atoms in total. The van der Waals surface area contributed by atoms with Crippen molar-refractivity contribution >= 4 is 16.9 Å². The minimum atomic E-state index is 0.545. The zero-order valence-electron chi connectivity index (χ0n) is 9.03. The fourth-order valence-corrected chi connectivity index (χ4v) is 2.34. The van der Waals surface area contributed by atoms with E-state index < -0.39 is 0 Å². The Kier molecular flexibility index (Phi) is 3.26. The molecular weight excluding hydrogens is 206 g/mol. The quantitative estimate of drug-likeness (QED) is 0.829. The first-order chi connectivity index (χ1) is 7.25. The van der Waals surface area contributed by atoms with Gasteiger partial charge in [-0.1, -0.05) is 11.8 Å². The summed E-state index contributed by atoms with van der Waals surface area (Å²) in [5.41, 5.74) is 2.46. The molecule has 1 fully saturated rings. The third kappa shape index (κ3) is 2.72. The van der Waals surface area contributed by atoms with Crippen LogP contribution in [0.5, 0.6) is 0 Å². The van der Waals surface area contributed by atoms with Crippen LogP contribution in [-0.4, -0.2) is 21.9 Å². The summed E-state index contributed by atoms with van der Waals surface area (Å²) in [6, 6.07) is 2.57. The van der Waals surface area contributed by atoms with E-state index in [0.717, 1.165) is 17.5 Å². The van der Waals surface area contributed by atoms with Crippen LogP contribution >= 0.6 is 11.8 Å². The number of amidine groups is 1. The number of rotatable bonds is 2. The first-order valence-electron chi connectivity index (χ1n) is 5.09. The molecule has 1 unspecified atom stereocenters. The number of thioether (sulfide) groups is 1. The molecular formula is C11H15N3S. The molecule has 0 spiro atoms. The number of pyridine rings is 1. The predicted octanol–water partition coefficient (Wildman–Crippen LogP) is 1.97. The van der Waals surface area contributed by atoms with Crippen LogP contribution in [0, 0.1) is 6.92 Å². The van der Waals surface area contributed by atoms with Gasteiger partial charge in [-0.15, -0.1) is 0 Å². The SMILES string of the molecule is Cc1ccncc1CN=C1NC(C)CS1. The van der Waals surface area contributed by atoms with Crippen LogP contribution in [0.3, 0.4) is 0 Å². The van der Waals surface area contributed by atoms with E-state index in [0.29, 0.717) is 6.04 Å². The van der Waals surface area contributed by atoms with Crippen LogP contribution in [0.15, 0.2) is 23.5 Å². The minimum Gasteiger partial charge on any atom is -0.362 e. The van der Waals surface area contributed by atoms with E-state index in [1.165, 1.54) is 11.1 Å². The lowest BCUT2D eigenvalue weighted by molar-refractivity contribution is 0.764. The Labute approximate surface area is 94.4 Å². The van der Waals surface area contributed by atoms with Crippen LogP contribution in [0.1, 0.15) is 18.1 Å².